The maximum atomic E-state index is 13.0. The topological polar surface area (TPSA) is 237 Å². The molecule has 0 heterocycles. The average molecular weight is 1360 g/mol. The normalized spacial score (nSPS) is 14.7. The fourth-order valence-electron chi connectivity index (χ4n) is 9.34. The largest absolute Gasteiger partial charge is 0.472 e. The van der Waals surface area contributed by atoms with E-state index in [9.17, 15) is 43.2 Å². The van der Waals surface area contributed by atoms with E-state index >= 15 is 0 Å². The molecule has 0 spiro atoms. The van der Waals surface area contributed by atoms with Crippen LogP contribution in [-0.4, -0.2) is 96.7 Å². The quantitative estimate of drug-likeness (QED) is 0.0169. The van der Waals surface area contributed by atoms with Crippen LogP contribution in [0.25, 0.3) is 0 Å². The Kier molecular flexibility index (Phi) is 64.2. The number of phosphoric ester groups is 2. The molecule has 0 fully saturated rings. The second kappa shape index (κ2) is 67.3. The highest BCUT2D eigenvalue weighted by atomic mass is 31.2. The average Bonchev–Trinajstić information content (AvgIpc) is 1.24. The van der Waals surface area contributed by atoms with Gasteiger partial charge in [-0.3, -0.25) is 37.3 Å². The van der Waals surface area contributed by atoms with Gasteiger partial charge < -0.3 is 33.8 Å². The van der Waals surface area contributed by atoms with Crippen LogP contribution in [0.5, 0.6) is 0 Å². The monoisotopic (exact) mass is 1360 g/mol. The number of rotatable bonds is 67. The Bertz CT molecular complexity index is 2220. The smallest absolute Gasteiger partial charge is 0.462 e. The number of esters is 4. The highest BCUT2D eigenvalue weighted by Crippen LogP contribution is 2.45. The Morgan fingerprint density at radius 3 is 0.947 bits per heavy atom. The number of aliphatic hydroxyl groups is 1. The first-order valence-electron chi connectivity index (χ1n) is 36.1. The van der Waals surface area contributed by atoms with E-state index < -0.39 is 97.5 Å². The summed E-state index contributed by atoms with van der Waals surface area (Å²) in [5, 5.41) is 10.6. The lowest BCUT2D eigenvalue weighted by Crippen LogP contribution is -2.30. The number of phosphoric acid groups is 2. The minimum Gasteiger partial charge on any atom is -0.462 e. The lowest BCUT2D eigenvalue weighted by atomic mass is 10.1. The molecule has 94 heavy (non-hydrogen) atoms. The van der Waals surface area contributed by atoms with Gasteiger partial charge in [-0.05, 0) is 89.9 Å². The number of unbranched alkanes of at least 4 members (excludes halogenated alkanes) is 24. The summed E-state index contributed by atoms with van der Waals surface area (Å²) in [6, 6.07) is 0. The molecule has 5 atom stereocenters. The van der Waals surface area contributed by atoms with E-state index in [4.69, 9.17) is 37.0 Å². The number of hydrogen-bond acceptors (Lipinski definition) is 15. The summed E-state index contributed by atoms with van der Waals surface area (Å²) in [5.41, 5.74) is 0. The minimum absolute atomic E-state index is 0.0697. The Balaban J connectivity index is 5.37. The van der Waals surface area contributed by atoms with E-state index in [1.807, 2.05) is 18.2 Å². The fraction of sp³-hybridized carbons (Fsp3) is 0.707. The van der Waals surface area contributed by atoms with Gasteiger partial charge in [0.1, 0.15) is 19.3 Å². The van der Waals surface area contributed by atoms with Gasteiger partial charge >= 0.3 is 39.5 Å². The van der Waals surface area contributed by atoms with Crippen molar-refractivity contribution in [2.45, 2.75) is 303 Å². The third-order valence-electron chi connectivity index (χ3n) is 14.8. The maximum absolute atomic E-state index is 13.0. The van der Waals surface area contributed by atoms with Gasteiger partial charge in [0.05, 0.1) is 32.8 Å². The zero-order valence-corrected chi connectivity index (χ0v) is 60.4. The van der Waals surface area contributed by atoms with Gasteiger partial charge in [0.15, 0.2) is 12.2 Å². The summed E-state index contributed by atoms with van der Waals surface area (Å²) in [6.45, 7) is 4.48. The summed E-state index contributed by atoms with van der Waals surface area (Å²) < 4.78 is 68.1. The van der Waals surface area contributed by atoms with Crippen LogP contribution in [-0.2, 0) is 65.4 Å². The first-order chi connectivity index (χ1) is 45.7. The van der Waals surface area contributed by atoms with Crippen molar-refractivity contribution in [1.82, 2.24) is 0 Å². The molecule has 3 N–H and O–H groups in total. The van der Waals surface area contributed by atoms with Crippen molar-refractivity contribution in [3.05, 3.63) is 109 Å². The first-order valence-corrected chi connectivity index (χ1v) is 39.1. The van der Waals surface area contributed by atoms with E-state index in [2.05, 4.69) is 113 Å². The number of carbonyl (C=O) groups excluding carboxylic acids is 4. The molecule has 17 nitrogen and oxygen atoms in total. The highest BCUT2D eigenvalue weighted by Gasteiger charge is 2.30. The van der Waals surface area contributed by atoms with Crippen molar-refractivity contribution < 1.29 is 80.2 Å². The molecule has 0 saturated carbocycles. The van der Waals surface area contributed by atoms with E-state index in [1.54, 1.807) is 6.08 Å². The Morgan fingerprint density at radius 1 is 0.319 bits per heavy atom. The molecule has 0 radical (unpaired) electrons. The predicted octanol–water partition coefficient (Wildman–Crippen LogP) is 20.2. The van der Waals surface area contributed by atoms with Gasteiger partial charge in [-0.15, -0.1) is 0 Å². The van der Waals surface area contributed by atoms with Gasteiger partial charge in [0, 0.05) is 19.3 Å². The summed E-state index contributed by atoms with van der Waals surface area (Å²) >= 11 is 0. The van der Waals surface area contributed by atoms with E-state index in [0.29, 0.717) is 25.7 Å². The number of allylic oxidation sites excluding steroid dienone is 17. The van der Waals surface area contributed by atoms with Crippen LogP contribution in [0.15, 0.2) is 109 Å². The van der Waals surface area contributed by atoms with Crippen molar-refractivity contribution in [3.63, 3.8) is 0 Å². The molecule has 540 valence electrons. The molecule has 19 heteroatoms. The van der Waals surface area contributed by atoms with Crippen molar-refractivity contribution in [1.29, 1.82) is 0 Å². The highest BCUT2D eigenvalue weighted by molar-refractivity contribution is 7.47. The van der Waals surface area contributed by atoms with Crippen molar-refractivity contribution in [2.24, 2.45) is 0 Å². The zero-order chi connectivity index (χ0) is 69.0. The summed E-state index contributed by atoms with van der Waals surface area (Å²) in [7, 11) is -9.96. The molecule has 5 unspecified atom stereocenters. The van der Waals surface area contributed by atoms with Crippen molar-refractivity contribution in [3.8, 4) is 0 Å². The van der Waals surface area contributed by atoms with Crippen molar-refractivity contribution in [2.75, 3.05) is 39.6 Å². The maximum Gasteiger partial charge on any atom is 0.472 e. The fourth-order valence-corrected chi connectivity index (χ4v) is 10.9. The molecule has 0 rings (SSSR count). The lowest BCUT2D eigenvalue weighted by molar-refractivity contribution is -0.161. The lowest BCUT2D eigenvalue weighted by Gasteiger charge is -2.21. The summed E-state index contributed by atoms with van der Waals surface area (Å²) in [4.78, 5) is 72.5. The zero-order valence-electron chi connectivity index (χ0n) is 58.6. The Labute approximate surface area is 569 Å². The van der Waals surface area contributed by atoms with Gasteiger partial charge in [0.2, 0.25) is 0 Å². The number of aliphatic hydroxyl groups excluding tert-OH is 1. The van der Waals surface area contributed by atoms with Crippen molar-refractivity contribution >= 4 is 39.5 Å². The van der Waals surface area contributed by atoms with Gasteiger partial charge in [-0.1, -0.05) is 278 Å². The summed E-state index contributed by atoms with van der Waals surface area (Å²) in [5.74, 6) is -2.34. The predicted molar refractivity (Wildman–Crippen MR) is 381 cm³/mol. The van der Waals surface area contributed by atoms with Gasteiger partial charge in [0.25, 0.3) is 0 Å². The van der Waals surface area contributed by atoms with E-state index in [1.165, 1.54) is 77.0 Å². The summed E-state index contributed by atoms with van der Waals surface area (Å²) in [6.07, 6.45) is 69.9. The number of hydrogen-bond donors (Lipinski definition) is 3. The SMILES string of the molecule is CC/C=C\C/C=C\C/C=C\C/C=C\C/C=C\CC(=O)OCC(COP(=O)(O)OCC(O)COP(=O)(O)OCC(COC(=O)CCCCCC/C=C\C/C=C\C/C=C\C/C=C\CC)OC(=O)CCCCCCCCCCCCC)OC(=O)CCCCCCCCCCCCC. The molecule has 0 aromatic rings. The van der Waals surface area contributed by atoms with Crippen LogP contribution in [0.3, 0.4) is 0 Å². The molecular weight excluding hydrogens is 1230 g/mol. The third kappa shape index (κ3) is 66.3. The minimum atomic E-state index is -4.99. The Hall–Kier alpha value is -4.28. The molecule has 0 bridgehead atoms. The first kappa shape index (κ1) is 89.7. The molecule has 0 aliphatic rings. The molecule has 0 saturated heterocycles. The van der Waals surface area contributed by atoms with Gasteiger partial charge in [-0.25, -0.2) is 9.13 Å². The molecule has 0 amide bonds. The third-order valence-corrected chi connectivity index (χ3v) is 16.7. The second-order valence-corrected chi connectivity index (χ2v) is 26.7. The van der Waals surface area contributed by atoms with E-state index in [-0.39, 0.29) is 25.7 Å². The Morgan fingerprint density at radius 2 is 0.596 bits per heavy atom. The van der Waals surface area contributed by atoms with E-state index in [0.717, 1.165) is 128 Å². The van der Waals surface area contributed by atoms with Crippen LogP contribution in [0.2, 0.25) is 0 Å². The second-order valence-electron chi connectivity index (χ2n) is 23.8. The van der Waals surface area contributed by atoms with Crippen LogP contribution in [0.1, 0.15) is 285 Å². The van der Waals surface area contributed by atoms with Crippen LogP contribution in [0.4, 0.5) is 0 Å². The molecule has 0 aromatic heterocycles. The number of ether oxygens (including phenoxy) is 4. The van der Waals surface area contributed by atoms with Crippen LogP contribution >= 0.6 is 15.6 Å². The molecule has 0 aromatic carbocycles. The number of carbonyl (C=O) groups is 4. The molecular formula is C75H128O17P2. The van der Waals surface area contributed by atoms with Gasteiger partial charge in [-0.2, -0.15) is 0 Å². The standard InChI is InChI=1S/C75H128O17P2/c1-5-9-13-17-21-25-29-31-33-34-36-38-42-44-48-52-56-60-73(78)86-66-71(92-75(80)62-58-54-50-46-40-28-24-20-16-12-8-4)68-90-94(83,84)88-64-69(76)63-87-93(81,82)89-67-70(91-74(79)61-57-53-49-45-39-27-23-19-15-11-7-3)65-85-72(77)59-55-51-47-43-41-37-35-32-30-26-22-18-14-10-6-2/h9-10,13-14,21-22,25-26,31-33,35-36,38,41,43,51,55,69-71,76H,5-8,11-12,15-20,23-24,27-30,34,37,39-40,42,44-50,52-54,56-68H2,1-4H3,(H,81,82)(H,83,84)/b13-9-,14-10-,25-21-,26-22-,33-31-,35-32-,38-36-,43-41-,55-51-. The molecule has 0 aliphatic carbocycles. The molecule has 0 aliphatic heterocycles. The van der Waals surface area contributed by atoms with Crippen LogP contribution < -0.4 is 0 Å². The van der Waals surface area contributed by atoms with Crippen LogP contribution in [0, 0.1) is 0 Å².